The lowest BCUT2D eigenvalue weighted by atomic mass is 10.2. The predicted octanol–water partition coefficient (Wildman–Crippen LogP) is 3.99. The summed E-state index contributed by atoms with van der Waals surface area (Å²) in [6, 6.07) is 16.2. The Hall–Kier alpha value is -3.65. The zero-order valence-corrected chi connectivity index (χ0v) is 17.3. The molecule has 8 nitrogen and oxygen atoms in total. The number of para-hydroxylation sites is 1. The smallest absolute Gasteiger partial charge is 0.417 e. The average Bonchev–Trinajstić information content (AvgIpc) is 2.81. The number of carbonyl (C=O) groups is 1. The summed E-state index contributed by atoms with van der Waals surface area (Å²) in [5.41, 5.74) is 1.45. The first-order valence-electron chi connectivity index (χ1n) is 10.2. The first-order chi connectivity index (χ1) is 15.2. The second-order valence-corrected chi connectivity index (χ2v) is 6.82. The molecule has 0 aliphatic carbocycles. The van der Waals surface area contributed by atoms with Crippen LogP contribution in [0.25, 0.3) is 11.4 Å². The van der Waals surface area contributed by atoms with Crippen LogP contribution in [0.2, 0.25) is 0 Å². The van der Waals surface area contributed by atoms with Crippen molar-refractivity contribution in [3.05, 3.63) is 60.8 Å². The molecule has 0 unspecified atom stereocenters. The molecule has 160 valence electrons. The van der Waals surface area contributed by atoms with Crippen LogP contribution >= 0.6 is 0 Å². The van der Waals surface area contributed by atoms with E-state index < -0.39 is 6.09 Å². The molecule has 0 saturated carbocycles. The number of hydrogen-bond donors (Lipinski definition) is 1. The molecule has 2 aromatic carbocycles. The number of amides is 1. The highest BCUT2D eigenvalue weighted by atomic mass is 16.6. The van der Waals surface area contributed by atoms with Crippen LogP contribution in [0, 0.1) is 0 Å². The number of nitrogens with one attached hydrogen (secondary N) is 1. The monoisotopic (exact) mass is 420 g/mol. The van der Waals surface area contributed by atoms with Crippen LogP contribution in [0.5, 0.6) is 11.5 Å². The first kappa shape index (κ1) is 20.6. The molecular weight excluding hydrogens is 396 g/mol. The van der Waals surface area contributed by atoms with Gasteiger partial charge in [-0.2, -0.15) is 0 Å². The molecule has 31 heavy (non-hydrogen) atoms. The highest BCUT2D eigenvalue weighted by molar-refractivity contribution is 5.86. The molecule has 8 heteroatoms. The fourth-order valence-corrected chi connectivity index (χ4v) is 3.20. The van der Waals surface area contributed by atoms with Gasteiger partial charge >= 0.3 is 6.09 Å². The van der Waals surface area contributed by atoms with Gasteiger partial charge in [-0.05, 0) is 43.3 Å². The third-order valence-electron chi connectivity index (χ3n) is 4.69. The van der Waals surface area contributed by atoms with E-state index in [0.29, 0.717) is 42.8 Å². The third-order valence-corrected chi connectivity index (χ3v) is 4.69. The number of ether oxygens (including phenoxy) is 3. The Morgan fingerprint density at radius 3 is 2.55 bits per heavy atom. The van der Waals surface area contributed by atoms with E-state index >= 15 is 0 Å². The second kappa shape index (κ2) is 9.90. The minimum Gasteiger partial charge on any atom is -0.488 e. The number of carbonyl (C=O) groups excluding carboxylic acids is 1. The van der Waals surface area contributed by atoms with Crippen LogP contribution in [0.3, 0.4) is 0 Å². The molecule has 2 heterocycles. The van der Waals surface area contributed by atoms with Gasteiger partial charge in [-0.1, -0.05) is 18.2 Å². The Morgan fingerprint density at radius 2 is 1.84 bits per heavy atom. The maximum absolute atomic E-state index is 12.1. The van der Waals surface area contributed by atoms with Crippen LogP contribution in [-0.4, -0.2) is 49.0 Å². The maximum atomic E-state index is 12.1. The van der Waals surface area contributed by atoms with Gasteiger partial charge in [0, 0.05) is 24.3 Å². The van der Waals surface area contributed by atoms with Crippen molar-refractivity contribution in [3.8, 4) is 22.9 Å². The number of hydrogen-bond acceptors (Lipinski definition) is 7. The summed E-state index contributed by atoms with van der Waals surface area (Å²) in [5.74, 6) is 2.50. The summed E-state index contributed by atoms with van der Waals surface area (Å²) in [5, 5.41) is 2.71. The number of morpholine rings is 1. The van der Waals surface area contributed by atoms with Gasteiger partial charge in [0.05, 0.1) is 26.0 Å². The fraction of sp³-hybridized carbons (Fsp3) is 0.261. The lowest BCUT2D eigenvalue weighted by molar-refractivity contribution is 0.122. The molecule has 4 rings (SSSR count). The van der Waals surface area contributed by atoms with Crippen molar-refractivity contribution < 1.29 is 19.0 Å². The molecule has 1 saturated heterocycles. The molecular formula is C23H24N4O4. The quantitative estimate of drug-likeness (QED) is 0.645. The van der Waals surface area contributed by atoms with Crippen molar-refractivity contribution >= 4 is 17.6 Å². The molecule has 1 aromatic heterocycles. The van der Waals surface area contributed by atoms with Crippen molar-refractivity contribution in [3.63, 3.8) is 0 Å². The first-order valence-corrected chi connectivity index (χ1v) is 10.2. The maximum Gasteiger partial charge on any atom is 0.417 e. The molecule has 1 N–H and O–H groups in total. The normalized spacial score (nSPS) is 13.5. The summed E-state index contributed by atoms with van der Waals surface area (Å²) in [6.07, 6.45) is 1.16. The lowest BCUT2D eigenvalue weighted by Gasteiger charge is -2.29. The Balaban J connectivity index is 1.48. The lowest BCUT2D eigenvalue weighted by Crippen LogP contribution is -2.37. The van der Waals surface area contributed by atoms with E-state index in [1.54, 1.807) is 42.6 Å². The van der Waals surface area contributed by atoms with Gasteiger partial charge in [-0.25, -0.2) is 14.8 Å². The van der Waals surface area contributed by atoms with Crippen LogP contribution in [0.1, 0.15) is 6.92 Å². The minimum atomic E-state index is -0.550. The Morgan fingerprint density at radius 1 is 1.10 bits per heavy atom. The third kappa shape index (κ3) is 5.29. The van der Waals surface area contributed by atoms with Gasteiger partial charge in [0.15, 0.2) is 17.4 Å². The summed E-state index contributed by atoms with van der Waals surface area (Å²) < 4.78 is 16.4. The van der Waals surface area contributed by atoms with E-state index in [1.807, 2.05) is 25.1 Å². The number of anilines is 2. The van der Waals surface area contributed by atoms with Crippen LogP contribution in [-0.2, 0) is 4.74 Å². The molecule has 0 bridgehead atoms. The zero-order chi connectivity index (χ0) is 21.5. The molecule has 3 aromatic rings. The van der Waals surface area contributed by atoms with Crippen LogP contribution in [0.15, 0.2) is 60.8 Å². The molecule has 0 spiro atoms. The summed E-state index contributed by atoms with van der Waals surface area (Å²) >= 11 is 0. The fourth-order valence-electron chi connectivity index (χ4n) is 3.20. The molecule has 1 fully saturated rings. The largest absolute Gasteiger partial charge is 0.488 e. The van der Waals surface area contributed by atoms with E-state index in [-0.39, 0.29) is 0 Å². The van der Waals surface area contributed by atoms with Crippen molar-refractivity contribution in [2.75, 3.05) is 43.1 Å². The topological polar surface area (TPSA) is 85.8 Å². The van der Waals surface area contributed by atoms with E-state index in [2.05, 4.69) is 15.2 Å². The summed E-state index contributed by atoms with van der Waals surface area (Å²) in [6.45, 7) is 5.30. The molecule has 1 aliphatic heterocycles. The van der Waals surface area contributed by atoms with Crippen molar-refractivity contribution in [1.82, 2.24) is 9.97 Å². The molecule has 1 amide bonds. The Labute approximate surface area is 180 Å². The van der Waals surface area contributed by atoms with Gasteiger partial charge in [0.2, 0.25) is 0 Å². The highest BCUT2D eigenvalue weighted by Gasteiger charge is 2.19. The van der Waals surface area contributed by atoms with Crippen LogP contribution in [0.4, 0.5) is 16.3 Å². The number of rotatable bonds is 6. The molecule has 0 atom stereocenters. The van der Waals surface area contributed by atoms with Crippen molar-refractivity contribution in [2.24, 2.45) is 0 Å². The summed E-state index contributed by atoms with van der Waals surface area (Å²) in [7, 11) is 0. The molecule has 0 radical (unpaired) electrons. The number of nitrogens with zero attached hydrogens (tertiary/aromatic N) is 3. The van der Waals surface area contributed by atoms with E-state index in [9.17, 15) is 4.79 Å². The van der Waals surface area contributed by atoms with E-state index in [0.717, 1.165) is 24.5 Å². The van der Waals surface area contributed by atoms with E-state index in [1.165, 1.54) is 0 Å². The Bertz CT molecular complexity index is 1010. The zero-order valence-electron chi connectivity index (χ0n) is 17.3. The SMILES string of the molecule is CCOc1cnc(-c2ccc(NC(=O)Oc3ccccc3)cc2)nc1N1CCOCC1. The van der Waals surface area contributed by atoms with Gasteiger partial charge in [-0.3, -0.25) is 5.32 Å². The Kier molecular flexibility index (Phi) is 6.59. The van der Waals surface area contributed by atoms with Crippen molar-refractivity contribution in [2.45, 2.75) is 6.92 Å². The van der Waals surface area contributed by atoms with Gasteiger partial charge < -0.3 is 19.1 Å². The predicted molar refractivity (Wildman–Crippen MR) is 118 cm³/mol. The standard InChI is InChI=1S/C23H24N4O4/c1-2-30-20-16-24-21(26-22(20)27-12-14-29-15-13-27)17-8-10-18(11-9-17)25-23(28)31-19-6-4-3-5-7-19/h3-11,16H,2,12-15H2,1H3,(H,25,28). The van der Waals surface area contributed by atoms with Crippen LogP contribution < -0.4 is 19.7 Å². The second-order valence-electron chi connectivity index (χ2n) is 6.82. The minimum absolute atomic E-state index is 0.482. The summed E-state index contributed by atoms with van der Waals surface area (Å²) in [4.78, 5) is 23.4. The van der Waals surface area contributed by atoms with Gasteiger partial charge in [-0.15, -0.1) is 0 Å². The average molecular weight is 420 g/mol. The number of benzene rings is 2. The highest BCUT2D eigenvalue weighted by Crippen LogP contribution is 2.29. The van der Waals surface area contributed by atoms with Gasteiger partial charge in [0.25, 0.3) is 0 Å². The van der Waals surface area contributed by atoms with Gasteiger partial charge in [0.1, 0.15) is 5.75 Å². The van der Waals surface area contributed by atoms with Crippen molar-refractivity contribution in [1.29, 1.82) is 0 Å². The molecule has 1 aliphatic rings. The number of aromatic nitrogens is 2. The van der Waals surface area contributed by atoms with E-state index in [4.69, 9.17) is 19.2 Å².